The lowest BCUT2D eigenvalue weighted by Gasteiger charge is -2.20. The SMILES string of the molecule is COc1cccc(/C=C2\SC(=S)N([C@H](CO)C(=O)O)C2=O)c1. The fourth-order valence-corrected chi connectivity index (χ4v) is 3.26. The summed E-state index contributed by atoms with van der Waals surface area (Å²) in [6, 6.07) is 5.71. The second-order valence-electron chi connectivity index (χ2n) is 4.36. The van der Waals surface area contributed by atoms with Crippen molar-refractivity contribution in [1.29, 1.82) is 0 Å². The maximum absolute atomic E-state index is 12.3. The van der Waals surface area contributed by atoms with E-state index in [0.717, 1.165) is 22.2 Å². The van der Waals surface area contributed by atoms with Crippen molar-refractivity contribution >= 4 is 46.3 Å². The lowest BCUT2D eigenvalue weighted by molar-refractivity contribution is -0.146. The number of carbonyl (C=O) groups is 2. The van der Waals surface area contributed by atoms with Crippen LogP contribution < -0.4 is 4.74 Å². The van der Waals surface area contributed by atoms with Gasteiger partial charge in [0.25, 0.3) is 5.91 Å². The third-order valence-corrected chi connectivity index (χ3v) is 4.32. The molecule has 0 bridgehead atoms. The Hall–Kier alpha value is -1.90. The normalized spacial score (nSPS) is 17.9. The molecule has 2 N–H and O–H groups in total. The first kappa shape index (κ1) is 16.5. The zero-order chi connectivity index (χ0) is 16.3. The van der Waals surface area contributed by atoms with Gasteiger partial charge in [-0.2, -0.15) is 0 Å². The van der Waals surface area contributed by atoms with Gasteiger partial charge in [-0.05, 0) is 23.8 Å². The summed E-state index contributed by atoms with van der Waals surface area (Å²) in [6.07, 6.45) is 1.61. The fourth-order valence-electron chi connectivity index (χ4n) is 1.90. The van der Waals surface area contributed by atoms with Gasteiger partial charge in [-0.25, -0.2) is 4.79 Å². The largest absolute Gasteiger partial charge is 0.497 e. The van der Waals surface area contributed by atoms with Gasteiger partial charge in [-0.15, -0.1) is 0 Å². The summed E-state index contributed by atoms with van der Waals surface area (Å²) < 4.78 is 5.22. The zero-order valence-corrected chi connectivity index (χ0v) is 13.2. The van der Waals surface area contributed by atoms with Crippen molar-refractivity contribution in [2.75, 3.05) is 13.7 Å². The highest BCUT2D eigenvalue weighted by Crippen LogP contribution is 2.34. The maximum Gasteiger partial charge on any atom is 0.329 e. The average Bonchev–Trinajstić information content (AvgIpc) is 2.76. The summed E-state index contributed by atoms with van der Waals surface area (Å²) >= 11 is 6.05. The molecule has 1 aromatic carbocycles. The van der Waals surface area contributed by atoms with Gasteiger partial charge in [0.1, 0.15) is 10.1 Å². The summed E-state index contributed by atoms with van der Waals surface area (Å²) in [4.78, 5) is 24.7. The van der Waals surface area contributed by atoms with E-state index in [-0.39, 0.29) is 4.32 Å². The number of aliphatic hydroxyl groups excluding tert-OH is 1. The number of carbonyl (C=O) groups excluding carboxylic acids is 1. The number of methoxy groups -OCH3 is 1. The summed E-state index contributed by atoms with van der Waals surface area (Å²) in [5.74, 6) is -1.19. The number of benzene rings is 1. The van der Waals surface area contributed by atoms with Crippen molar-refractivity contribution < 1.29 is 24.5 Å². The summed E-state index contributed by atoms with van der Waals surface area (Å²) in [7, 11) is 1.54. The number of ether oxygens (including phenoxy) is 1. The van der Waals surface area contributed by atoms with Crippen molar-refractivity contribution in [3.05, 3.63) is 34.7 Å². The van der Waals surface area contributed by atoms with Gasteiger partial charge in [0.2, 0.25) is 0 Å². The number of nitrogens with zero attached hydrogens (tertiary/aromatic N) is 1. The Morgan fingerprint density at radius 1 is 1.55 bits per heavy atom. The van der Waals surface area contributed by atoms with E-state index in [4.69, 9.17) is 27.2 Å². The van der Waals surface area contributed by atoms with Gasteiger partial charge in [0, 0.05) is 0 Å². The summed E-state index contributed by atoms with van der Waals surface area (Å²) in [5, 5.41) is 18.2. The monoisotopic (exact) mass is 339 g/mol. The Balaban J connectivity index is 2.31. The maximum atomic E-state index is 12.3. The van der Waals surface area contributed by atoms with E-state index >= 15 is 0 Å². The summed E-state index contributed by atoms with van der Waals surface area (Å²) in [6.45, 7) is -0.700. The lowest BCUT2D eigenvalue weighted by atomic mass is 10.2. The van der Waals surface area contributed by atoms with Crippen LogP contribution in [-0.2, 0) is 9.59 Å². The molecule has 0 saturated carbocycles. The second-order valence-corrected chi connectivity index (χ2v) is 6.04. The van der Waals surface area contributed by atoms with Gasteiger partial charge in [-0.1, -0.05) is 36.1 Å². The van der Waals surface area contributed by atoms with Crippen molar-refractivity contribution in [2.24, 2.45) is 0 Å². The Bertz CT molecular complexity index is 658. The topological polar surface area (TPSA) is 87.1 Å². The first-order valence-corrected chi connectivity index (χ1v) is 7.45. The molecule has 0 aliphatic carbocycles. The predicted molar refractivity (Wildman–Crippen MR) is 86.5 cm³/mol. The molecule has 22 heavy (non-hydrogen) atoms. The van der Waals surface area contributed by atoms with Crippen molar-refractivity contribution in [3.63, 3.8) is 0 Å². The van der Waals surface area contributed by atoms with Gasteiger partial charge >= 0.3 is 5.97 Å². The molecule has 1 aromatic rings. The molecule has 1 saturated heterocycles. The minimum atomic E-state index is -1.37. The predicted octanol–water partition coefficient (Wildman–Crippen LogP) is 1.34. The Morgan fingerprint density at radius 2 is 2.27 bits per heavy atom. The molecule has 0 radical (unpaired) electrons. The Kier molecular flexibility index (Phi) is 5.17. The number of aliphatic hydroxyl groups is 1. The molecular weight excluding hydrogens is 326 g/mol. The van der Waals surface area contributed by atoms with E-state index in [1.165, 1.54) is 7.11 Å². The average molecular weight is 339 g/mol. The standard InChI is InChI=1S/C14H13NO5S2/c1-20-9-4-2-3-8(5-9)6-11-12(17)15(14(21)22-11)10(7-16)13(18)19/h2-6,10,16H,7H2,1H3,(H,18,19)/b11-6-/t10-/m1/s1. The number of aliphatic carboxylic acids is 1. The van der Waals surface area contributed by atoms with Crippen LogP contribution in [0.2, 0.25) is 0 Å². The minimum Gasteiger partial charge on any atom is -0.497 e. The van der Waals surface area contributed by atoms with Crippen LogP contribution in [0.4, 0.5) is 0 Å². The second kappa shape index (κ2) is 6.91. The highest BCUT2D eigenvalue weighted by molar-refractivity contribution is 8.26. The molecule has 1 heterocycles. The van der Waals surface area contributed by atoms with Gasteiger partial charge in [0.05, 0.1) is 18.6 Å². The molecule has 1 aliphatic heterocycles. The molecule has 0 spiro atoms. The minimum absolute atomic E-state index is 0.112. The van der Waals surface area contributed by atoms with Gasteiger partial charge < -0.3 is 14.9 Å². The molecule has 1 fully saturated rings. The zero-order valence-electron chi connectivity index (χ0n) is 11.6. The molecule has 116 valence electrons. The van der Waals surface area contributed by atoms with Crippen LogP contribution in [0.3, 0.4) is 0 Å². The van der Waals surface area contributed by atoms with Crippen LogP contribution in [-0.4, -0.2) is 51.1 Å². The van der Waals surface area contributed by atoms with Crippen LogP contribution in [0.1, 0.15) is 5.56 Å². The lowest BCUT2D eigenvalue weighted by Crippen LogP contribution is -2.46. The third kappa shape index (κ3) is 3.29. The number of thioether (sulfide) groups is 1. The quantitative estimate of drug-likeness (QED) is 0.618. The molecule has 1 atom stereocenters. The van der Waals surface area contributed by atoms with Crippen LogP contribution in [0, 0.1) is 0 Å². The highest BCUT2D eigenvalue weighted by Gasteiger charge is 2.40. The highest BCUT2D eigenvalue weighted by atomic mass is 32.2. The molecule has 1 amide bonds. The van der Waals surface area contributed by atoms with E-state index in [1.807, 2.05) is 0 Å². The molecule has 0 unspecified atom stereocenters. The van der Waals surface area contributed by atoms with Crippen LogP contribution in [0.5, 0.6) is 5.75 Å². The number of thiocarbonyl (C=S) groups is 1. The van der Waals surface area contributed by atoms with Gasteiger partial charge in [-0.3, -0.25) is 9.69 Å². The van der Waals surface area contributed by atoms with Crippen molar-refractivity contribution in [2.45, 2.75) is 6.04 Å². The molecule has 8 heteroatoms. The smallest absolute Gasteiger partial charge is 0.329 e. The number of hydrogen-bond donors (Lipinski definition) is 2. The van der Waals surface area contributed by atoms with E-state index in [9.17, 15) is 9.59 Å². The van der Waals surface area contributed by atoms with Crippen LogP contribution >= 0.6 is 24.0 Å². The van der Waals surface area contributed by atoms with E-state index in [1.54, 1.807) is 30.3 Å². The van der Waals surface area contributed by atoms with Gasteiger partial charge in [0.15, 0.2) is 6.04 Å². The molecule has 6 nitrogen and oxygen atoms in total. The third-order valence-electron chi connectivity index (χ3n) is 2.98. The Morgan fingerprint density at radius 3 is 2.86 bits per heavy atom. The van der Waals surface area contributed by atoms with Crippen molar-refractivity contribution in [3.8, 4) is 5.75 Å². The molecular formula is C14H13NO5S2. The van der Waals surface area contributed by atoms with E-state index in [0.29, 0.717) is 10.7 Å². The van der Waals surface area contributed by atoms with Crippen LogP contribution in [0.25, 0.3) is 6.08 Å². The molecule has 0 aromatic heterocycles. The fraction of sp³-hybridized carbons (Fsp3) is 0.214. The number of carboxylic acid groups (broad SMARTS) is 1. The first-order valence-electron chi connectivity index (χ1n) is 6.22. The number of carboxylic acids is 1. The Labute approximate surface area is 136 Å². The molecule has 2 rings (SSSR count). The first-order chi connectivity index (χ1) is 10.5. The number of hydrogen-bond acceptors (Lipinski definition) is 6. The summed E-state index contributed by atoms with van der Waals surface area (Å²) in [5.41, 5.74) is 0.732. The number of rotatable bonds is 5. The number of amides is 1. The van der Waals surface area contributed by atoms with E-state index in [2.05, 4.69) is 0 Å². The van der Waals surface area contributed by atoms with Crippen molar-refractivity contribution in [1.82, 2.24) is 4.90 Å². The molecule has 1 aliphatic rings. The van der Waals surface area contributed by atoms with E-state index < -0.39 is 24.5 Å². The van der Waals surface area contributed by atoms with Crippen LogP contribution in [0.15, 0.2) is 29.2 Å².